The Morgan fingerprint density at radius 2 is 1.35 bits per heavy atom. The second-order valence-corrected chi connectivity index (χ2v) is 8.82. The third-order valence-corrected chi connectivity index (χ3v) is 6.29. The van der Waals surface area contributed by atoms with Gasteiger partial charge >= 0.3 is 0 Å². The molecule has 4 aromatic rings. The molecule has 0 bridgehead atoms. The summed E-state index contributed by atoms with van der Waals surface area (Å²) in [5, 5.41) is 5.71. The van der Waals surface area contributed by atoms with Crippen LogP contribution in [0.2, 0.25) is 0 Å². The van der Waals surface area contributed by atoms with Crippen molar-refractivity contribution in [3.8, 4) is 11.1 Å². The molecule has 0 aliphatic carbocycles. The molecule has 0 saturated heterocycles. The number of benzene rings is 4. The molecule has 0 aromatic heterocycles. The van der Waals surface area contributed by atoms with Gasteiger partial charge in [-0.1, -0.05) is 72.8 Å². The summed E-state index contributed by atoms with van der Waals surface area (Å²) in [5.41, 5.74) is 5.32. The fraction of sp³-hybridized carbons (Fsp3) is 0.161. The Hall–Kier alpha value is -4.32. The van der Waals surface area contributed by atoms with Crippen LogP contribution in [0.3, 0.4) is 0 Å². The molecule has 0 radical (unpaired) electrons. The summed E-state index contributed by atoms with van der Waals surface area (Å²) in [6.07, 6.45) is 1.05. The molecule has 0 atom stereocenters. The quantitative estimate of drug-likeness (QED) is 0.292. The Morgan fingerprint density at radius 3 is 2.11 bits per heavy atom. The second kappa shape index (κ2) is 12.1. The van der Waals surface area contributed by atoms with Crippen molar-refractivity contribution in [3.05, 3.63) is 130 Å². The van der Waals surface area contributed by atoms with Crippen molar-refractivity contribution < 1.29 is 18.4 Å². The third kappa shape index (κ3) is 6.67. The first-order valence-electron chi connectivity index (χ1n) is 12.1. The molecule has 0 aliphatic rings. The van der Waals surface area contributed by atoms with E-state index < -0.39 is 11.6 Å². The number of rotatable bonds is 9. The van der Waals surface area contributed by atoms with E-state index in [1.165, 1.54) is 6.07 Å². The van der Waals surface area contributed by atoms with Crippen molar-refractivity contribution >= 4 is 11.8 Å². The molecule has 188 valence electrons. The summed E-state index contributed by atoms with van der Waals surface area (Å²) in [4.78, 5) is 25.6. The molecule has 0 aliphatic heterocycles. The third-order valence-electron chi connectivity index (χ3n) is 6.29. The van der Waals surface area contributed by atoms with E-state index in [-0.39, 0.29) is 23.9 Å². The fourth-order valence-electron chi connectivity index (χ4n) is 4.21. The number of carbonyl (C=O) groups is 2. The van der Waals surface area contributed by atoms with Gasteiger partial charge in [-0.05, 0) is 53.3 Å². The van der Waals surface area contributed by atoms with Crippen LogP contribution in [0.5, 0.6) is 0 Å². The number of nitrogens with one attached hydrogen (secondary N) is 2. The van der Waals surface area contributed by atoms with Crippen LogP contribution in [-0.2, 0) is 24.3 Å². The topological polar surface area (TPSA) is 58.2 Å². The lowest BCUT2D eigenvalue weighted by atomic mass is 9.94. The van der Waals surface area contributed by atoms with Gasteiger partial charge in [-0.15, -0.1) is 0 Å². The molecule has 0 saturated carbocycles. The first-order valence-corrected chi connectivity index (χ1v) is 12.1. The van der Waals surface area contributed by atoms with Gasteiger partial charge in [-0.2, -0.15) is 0 Å². The van der Waals surface area contributed by atoms with Crippen molar-refractivity contribution in [3.63, 3.8) is 0 Å². The standard InChI is InChI=1S/C31H28F2N2O2/c1-21-8-2-3-9-22(21)15-17-30(36)34-19-23-10-4-5-11-26(23)27-12-6-7-13-28(27)31(37)35-20-24-14-16-25(32)18-29(24)33/h2-14,16,18H,15,17,19-20H2,1H3,(H,34,36)(H,35,37). The Labute approximate surface area is 215 Å². The van der Waals surface area contributed by atoms with E-state index in [2.05, 4.69) is 10.6 Å². The number of carbonyl (C=O) groups excluding carboxylic acids is 2. The monoisotopic (exact) mass is 498 g/mol. The van der Waals surface area contributed by atoms with Gasteiger partial charge in [0, 0.05) is 36.7 Å². The molecule has 4 nitrogen and oxygen atoms in total. The zero-order valence-electron chi connectivity index (χ0n) is 20.6. The minimum atomic E-state index is -0.711. The molecular weight excluding hydrogens is 470 g/mol. The molecule has 0 fully saturated rings. The van der Waals surface area contributed by atoms with Crippen molar-refractivity contribution in [2.24, 2.45) is 0 Å². The van der Waals surface area contributed by atoms with Gasteiger partial charge in [-0.25, -0.2) is 8.78 Å². The van der Waals surface area contributed by atoms with Gasteiger partial charge in [0.15, 0.2) is 0 Å². The molecule has 37 heavy (non-hydrogen) atoms. The smallest absolute Gasteiger partial charge is 0.252 e. The summed E-state index contributed by atoms with van der Waals surface area (Å²) in [6.45, 7) is 2.28. The van der Waals surface area contributed by atoms with Crippen molar-refractivity contribution in [1.82, 2.24) is 10.6 Å². The Kier molecular flexibility index (Phi) is 8.41. The predicted molar refractivity (Wildman–Crippen MR) is 141 cm³/mol. The lowest BCUT2D eigenvalue weighted by molar-refractivity contribution is -0.121. The van der Waals surface area contributed by atoms with E-state index in [9.17, 15) is 18.4 Å². The summed E-state index contributed by atoms with van der Waals surface area (Å²) in [6, 6.07) is 26.0. The highest BCUT2D eigenvalue weighted by Gasteiger charge is 2.16. The molecule has 4 aromatic carbocycles. The van der Waals surface area contributed by atoms with Gasteiger partial charge in [0.25, 0.3) is 5.91 Å². The maximum absolute atomic E-state index is 14.0. The van der Waals surface area contributed by atoms with Gasteiger partial charge < -0.3 is 10.6 Å². The van der Waals surface area contributed by atoms with E-state index in [4.69, 9.17) is 0 Å². The summed E-state index contributed by atoms with van der Waals surface area (Å²) < 4.78 is 27.2. The van der Waals surface area contributed by atoms with Crippen LogP contribution in [0, 0.1) is 18.6 Å². The molecule has 2 N–H and O–H groups in total. The average molecular weight is 499 g/mol. The summed E-state index contributed by atoms with van der Waals surface area (Å²) >= 11 is 0. The van der Waals surface area contributed by atoms with Gasteiger partial charge in [-0.3, -0.25) is 9.59 Å². The van der Waals surface area contributed by atoms with Gasteiger partial charge in [0.1, 0.15) is 11.6 Å². The Balaban J connectivity index is 1.45. The van der Waals surface area contributed by atoms with Gasteiger partial charge in [0.2, 0.25) is 5.91 Å². The van der Waals surface area contributed by atoms with E-state index in [1.54, 1.807) is 12.1 Å². The lowest BCUT2D eigenvalue weighted by Gasteiger charge is -2.15. The highest BCUT2D eigenvalue weighted by atomic mass is 19.1. The summed E-state index contributed by atoms with van der Waals surface area (Å²) in [7, 11) is 0. The van der Waals surface area contributed by atoms with E-state index >= 15 is 0 Å². The van der Waals surface area contributed by atoms with Gasteiger partial charge in [0.05, 0.1) is 0 Å². The number of aryl methyl sites for hydroxylation is 2. The second-order valence-electron chi connectivity index (χ2n) is 8.82. The molecule has 4 rings (SSSR count). The first kappa shape index (κ1) is 25.8. The minimum Gasteiger partial charge on any atom is -0.352 e. The summed E-state index contributed by atoms with van der Waals surface area (Å²) in [5.74, 6) is -1.81. The number of halogens is 2. The molecule has 0 unspecified atom stereocenters. The minimum absolute atomic E-state index is 0.0505. The predicted octanol–water partition coefficient (Wildman–Crippen LogP) is 6.12. The van der Waals surface area contributed by atoms with Crippen molar-refractivity contribution in [1.29, 1.82) is 0 Å². The van der Waals surface area contributed by atoms with Crippen molar-refractivity contribution in [2.75, 3.05) is 0 Å². The van der Waals surface area contributed by atoms with E-state index in [0.29, 0.717) is 30.5 Å². The highest BCUT2D eigenvalue weighted by molar-refractivity contribution is 6.01. The molecule has 6 heteroatoms. The Morgan fingerprint density at radius 1 is 0.703 bits per heavy atom. The first-order chi connectivity index (χ1) is 17.9. The number of hydrogen-bond acceptors (Lipinski definition) is 2. The molecular formula is C31H28F2N2O2. The van der Waals surface area contributed by atoms with Crippen LogP contribution in [0.1, 0.15) is 39.0 Å². The van der Waals surface area contributed by atoms with Crippen LogP contribution < -0.4 is 10.6 Å². The van der Waals surface area contributed by atoms with Crippen LogP contribution in [0.4, 0.5) is 8.78 Å². The maximum atomic E-state index is 14.0. The zero-order valence-corrected chi connectivity index (χ0v) is 20.6. The molecule has 2 amide bonds. The molecule has 0 spiro atoms. The normalized spacial score (nSPS) is 10.7. The van der Waals surface area contributed by atoms with Crippen LogP contribution in [0.25, 0.3) is 11.1 Å². The Bertz CT molecular complexity index is 1420. The van der Waals surface area contributed by atoms with Crippen molar-refractivity contribution in [2.45, 2.75) is 32.9 Å². The maximum Gasteiger partial charge on any atom is 0.252 e. The zero-order chi connectivity index (χ0) is 26.2. The lowest BCUT2D eigenvalue weighted by Crippen LogP contribution is -2.25. The van der Waals surface area contributed by atoms with Crippen LogP contribution >= 0.6 is 0 Å². The fourth-order valence-corrected chi connectivity index (χ4v) is 4.21. The van der Waals surface area contributed by atoms with Crippen LogP contribution in [0.15, 0.2) is 91.0 Å². The van der Waals surface area contributed by atoms with E-state index in [1.807, 2.05) is 67.6 Å². The SMILES string of the molecule is Cc1ccccc1CCC(=O)NCc1ccccc1-c1ccccc1C(=O)NCc1ccc(F)cc1F. The number of hydrogen-bond donors (Lipinski definition) is 2. The largest absolute Gasteiger partial charge is 0.352 e. The van der Waals surface area contributed by atoms with Crippen LogP contribution in [-0.4, -0.2) is 11.8 Å². The molecule has 0 heterocycles. The average Bonchev–Trinajstić information content (AvgIpc) is 2.91. The number of amides is 2. The highest BCUT2D eigenvalue weighted by Crippen LogP contribution is 2.27. The van der Waals surface area contributed by atoms with E-state index in [0.717, 1.165) is 34.4 Å².